The number of rotatable bonds is 3. The van der Waals surface area contributed by atoms with Crippen molar-refractivity contribution < 1.29 is 0 Å². The number of aromatic nitrogens is 1. The van der Waals surface area contributed by atoms with Gasteiger partial charge in [0.25, 0.3) is 0 Å². The lowest BCUT2D eigenvalue weighted by Crippen LogP contribution is -1.96. The van der Waals surface area contributed by atoms with Gasteiger partial charge in [0.1, 0.15) is 11.2 Å². The van der Waals surface area contributed by atoms with Crippen LogP contribution in [0.2, 0.25) is 5.15 Å². The molecule has 2 nitrogen and oxygen atoms in total. The average Bonchev–Trinajstić information content (AvgIpc) is 2.62. The molecule has 0 amide bonds. The van der Waals surface area contributed by atoms with Crippen LogP contribution in [0.4, 0.5) is 0 Å². The van der Waals surface area contributed by atoms with Crippen molar-refractivity contribution in [3.63, 3.8) is 0 Å². The number of aryl methyl sites for hydroxylation is 2. The molecule has 0 saturated heterocycles. The van der Waals surface area contributed by atoms with Crippen LogP contribution in [0.3, 0.4) is 0 Å². The van der Waals surface area contributed by atoms with Crippen LogP contribution in [0, 0.1) is 11.3 Å². The lowest BCUT2D eigenvalue weighted by molar-refractivity contribution is 0.704. The van der Waals surface area contributed by atoms with Gasteiger partial charge >= 0.3 is 0 Å². The van der Waals surface area contributed by atoms with Gasteiger partial charge < -0.3 is 4.57 Å². The molecule has 3 heteroatoms. The fourth-order valence-corrected chi connectivity index (χ4v) is 2.46. The molecule has 0 spiro atoms. The Kier molecular flexibility index (Phi) is 3.40. The highest BCUT2D eigenvalue weighted by atomic mass is 35.5. The summed E-state index contributed by atoms with van der Waals surface area (Å²) < 4.78 is 2.02. The van der Waals surface area contributed by atoms with Crippen molar-refractivity contribution in [1.29, 1.82) is 5.26 Å². The molecule has 0 radical (unpaired) electrons. The first-order chi connectivity index (χ1) is 8.22. The largest absolute Gasteiger partial charge is 0.330 e. The number of benzene rings is 1. The van der Waals surface area contributed by atoms with E-state index in [4.69, 9.17) is 11.6 Å². The molecule has 0 saturated carbocycles. The lowest BCUT2D eigenvalue weighted by Gasteiger charge is -2.04. The molecule has 0 aliphatic heterocycles. The van der Waals surface area contributed by atoms with E-state index in [1.165, 1.54) is 5.56 Å². The second-order valence-corrected chi connectivity index (χ2v) is 4.49. The first-order valence-electron chi connectivity index (χ1n) is 5.93. The minimum absolute atomic E-state index is 0.567. The smallest absolute Gasteiger partial charge is 0.128 e. The zero-order valence-electron chi connectivity index (χ0n) is 10.1. The van der Waals surface area contributed by atoms with Crippen molar-refractivity contribution in [2.24, 2.45) is 0 Å². The third-order valence-corrected chi connectivity index (χ3v) is 3.42. The summed E-state index contributed by atoms with van der Waals surface area (Å²) in [5.41, 5.74) is 2.90. The quantitative estimate of drug-likeness (QED) is 0.800. The summed E-state index contributed by atoms with van der Waals surface area (Å²) in [5.74, 6) is 0. The molecule has 2 rings (SSSR count). The Bertz CT molecular complexity index is 590. The van der Waals surface area contributed by atoms with Gasteiger partial charge in [-0.25, -0.2) is 0 Å². The van der Waals surface area contributed by atoms with Crippen LogP contribution in [0.1, 0.15) is 31.4 Å². The van der Waals surface area contributed by atoms with E-state index >= 15 is 0 Å². The molecule has 1 heterocycles. The first-order valence-corrected chi connectivity index (χ1v) is 6.31. The summed E-state index contributed by atoms with van der Waals surface area (Å²) in [7, 11) is 0. The number of nitrogens with zero attached hydrogens (tertiary/aromatic N) is 2. The minimum Gasteiger partial charge on any atom is -0.330 e. The Hall–Kier alpha value is -1.46. The highest BCUT2D eigenvalue weighted by molar-refractivity contribution is 6.32. The van der Waals surface area contributed by atoms with Gasteiger partial charge in [0, 0.05) is 11.9 Å². The molecule has 0 aliphatic carbocycles. The highest BCUT2D eigenvalue weighted by Gasteiger charge is 2.14. The monoisotopic (exact) mass is 246 g/mol. The third kappa shape index (κ3) is 1.92. The van der Waals surface area contributed by atoms with E-state index in [0.29, 0.717) is 10.7 Å². The maximum absolute atomic E-state index is 9.21. The van der Waals surface area contributed by atoms with Crippen molar-refractivity contribution in [1.82, 2.24) is 4.57 Å². The summed E-state index contributed by atoms with van der Waals surface area (Å²) in [5, 5.41) is 10.8. The SMILES string of the molecule is CCCn1c(Cl)c(C#N)c2cc(CC)ccc21. The van der Waals surface area contributed by atoms with Crippen LogP contribution < -0.4 is 0 Å². The summed E-state index contributed by atoms with van der Waals surface area (Å²) in [4.78, 5) is 0. The Labute approximate surface area is 106 Å². The molecule has 88 valence electrons. The van der Waals surface area contributed by atoms with E-state index in [1.807, 2.05) is 4.57 Å². The molecule has 0 atom stereocenters. The molecule has 17 heavy (non-hydrogen) atoms. The van der Waals surface area contributed by atoms with Gasteiger partial charge in [-0.3, -0.25) is 0 Å². The average molecular weight is 247 g/mol. The van der Waals surface area contributed by atoms with E-state index in [0.717, 1.165) is 30.3 Å². The Balaban J connectivity index is 2.76. The van der Waals surface area contributed by atoms with Crippen LogP contribution >= 0.6 is 11.6 Å². The van der Waals surface area contributed by atoms with Gasteiger partial charge in [0.2, 0.25) is 0 Å². The van der Waals surface area contributed by atoms with Crippen LogP contribution in [0.15, 0.2) is 18.2 Å². The van der Waals surface area contributed by atoms with Gasteiger partial charge in [-0.1, -0.05) is 31.5 Å². The van der Waals surface area contributed by atoms with Crippen molar-refractivity contribution in [2.75, 3.05) is 0 Å². The Morgan fingerprint density at radius 1 is 1.35 bits per heavy atom. The number of halogens is 1. The molecule has 0 bridgehead atoms. The number of fused-ring (bicyclic) bond motifs is 1. The predicted octanol–water partition coefficient (Wildman–Crippen LogP) is 4.14. The van der Waals surface area contributed by atoms with Crippen molar-refractivity contribution >= 4 is 22.5 Å². The van der Waals surface area contributed by atoms with E-state index in [9.17, 15) is 5.26 Å². The van der Waals surface area contributed by atoms with Gasteiger partial charge in [-0.15, -0.1) is 0 Å². The summed E-state index contributed by atoms with van der Waals surface area (Å²) in [6.45, 7) is 5.06. The minimum atomic E-state index is 0.567. The van der Waals surface area contributed by atoms with E-state index < -0.39 is 0 Å². The van der Waals surface area contributed by atoms with Crippen molar-refractivity contribution in [3.05, 3.63) is 34.5 Å². The number of hydrogen-bond donors (Lipinski definition) is 0. The van der Waals surface area contributed by atoms with E-state index in [1.54, 1.807) is 0 Å². The number of nitriles is 1. The van der Waals surface area contributed by atoms with Gasteiger partial charge in [-0.2, -0.15) is 5.26 Å². The normalized spacial score (nSPS) is 10.7. The lowest BCUT2D eigenvalue weighted by atomic mass is 10.1. The molecule has 2 aromatic rings. The Morgan fingerprint density at radius 2 is 2.12 bits per heavy atom. The standard InChI is InChI=1S/C14H15ClN2/c1-3-7-17-13-6-5-10(4-2)8-11(13)12(9-16)14(17)15/h5-6,8H,3-4,7H2,1-2H3. The molecular weight excluding hydrogens is 232 g/mol. The van der Waals surface area contributed by atoms with Crippen LogP contribution in [-0.4, -0.2) is 4.57 Å². The zero-order valence-corrected chi connectivity index (χ0v) is 10.9. The number of hydrogen-bond acceptors (Lipinski definition) is 1. The predicted molar refractivity (Wildman–Crippen MR) is 71.3 cm³/mol. The van der Waals surface area contributed by atoms with Crippen molar-refractivity contribution in [3.8, 4) is 6.07 Å². The molecule has 0 N–H and O–H groups in total. The second kappa shape index (κ2) is 4.81. The molecule has 0 aliphatic rings. The topological polar surface area (TPSA) is 28.7 Å². The molecule has 0 unspecified atom stereocenters. The zero-order chi connectivity index (χ0) is 12.4. The van der Waals surface area contributed by atoms with E-state index in [2.05, 4.69) is 38.1 Å². The molecule has 0 fully saturated rings. The summed E-state index contributed by atoms with van der Waals surface area (Å²) in [6, 6.07) is 8.46. The van der Waals surface area contributed by atoms with Gasteiger partial charge in [0.15, 0.2) is 0 Å². The Morgan fingerprint density at radius 3 is 2.71 bits per heavy atom. The second-order valence-electron chi connectivity index (χ2n) is 4.13. The van der Waals surface area contributed by atoms with Gasteiger partial charge in [-0.05, 0) is 30.5 Å². The maximum Gasteiger partial charge on any atom is 0.128 e. The summed E-state index contributed by atoms with van der Waals surface area (Å²) >= 11 is 6.27. The molecule has 1 aromatic heterocycles. The van der Waals surface area contributed by atoms with Crippen LogP contribution in [-0.2, 0) is 13.0 Å². The molecular formula is C14H15ClN2. The van der Waals surface area contributed by atoms with Crippen molar-refractivity contribution in [2.45, 2.75) is 33.2 Å². The maximum atomic E-state index is 9.21. The highest BCUT2D eigenvalue weighted by Crippen LogP contribution is 2.30. The molecule has 1 aromatic carbocycles. The fraction of sp³-hybridized carbons (Fsp3) is 0.357. The summed E-state index contributed by atoms with van der Waals surface area (Å²) in [6.07, 6.45) is 1.97. The van der Waals surface area contributed by atoms with E-state index in [-0.39, 0.29) is 0 Å². The third-order valence-electron chi connectivity index (χ3n) is 3.03. The van der Waals surface area contributed by atoms with Gasteiger partial charge in [0.05, 0.1) is 11.1 Å². The first kappa shape index (κ1) is 12.0. The fourth-order valence-electron chi connectivity index (χ4n) is 2.14. The van der Waals surface area contributed by atoms with Crippen LogP contribution in [0.25, 0.3) is 10.9 Å². The van der Waals surface area contributed by atoms with Crippen LogP contribution in [0.5, 0.6) is 0 Å².